The van der Waals surface area contributed by atoms with Crippen LogP contribution in [0.1, 0.15) is 0 Å². The molecular formula is C12H12BrN4O6+. The van der Waals surface area contributed by atoms with Gasteiger partial charge in [-0.3, -0.25) is 20.2 Å². The van der Waals surface area contributed by atoms with Crippen LogP contribution in [0.3, 0.4) is 0 Å². The Bertz CT molecular complexity index is 739. The number of non-ortho nitro benzene ring substituents is 1. The maximum absolute atomic E-state index is 10.2. The van der Waals surface area contributed by atoms with E-state index in [0.29, 0.717) is 11.9 Å². The van der Waals surface area contributed by atoms with Gasteiger partial charge in [-0.1, -0.05) is 4.68 Å². The molecule has 0 amide bonds. The minimum atomic E-state index is -0.887. The molecule has 0 aliphatic heterocycles. The van der Waals surface area contributed by atoms with E-state index in [1.807, 2.05) is 6.07 Å². The molecule has 1 heterocycles. The SMILES string of the molecule is COc1ccc(Br)c[n+]1N.O=[N+]([O-])c1ccc(O)c([N+](=O)[O-])c1. The Hall–Kier alpha value is -2.95. The number of phenolic OH excluding ortho intramolecular Hbond substituents is 1. The van der Waals surface area contributed by atoms with Gasteiger partial charge in [0.15, 0.2) is 5.75 Å². The lowest BCUT2D eigenvalue weighted by Gasteiger charge is -1.94. The zero-order valence-corrected chi connectivity index (χ0v) is 13.3. The summed E-state index contributed by atoms with van der Waals surface area (Å²) in [5.74, 6) is 5.53. The van der Waals surface area contributed by atoms with Crippen molar-refractivity contribution in [3.8, 4) is 11.6 Å². The fourth-order valence-electron chi connectivity index (χ4n) is 1.42. The van der Waals surface area contributed by atoms with Crippen molar-refractivity contribution in [1.82, 2.24) is 0 Å². The minimum absolute atomic E-state index is 0.426. The topological polar surface area (TPSA) is 146 Å². The van der Waals surface area contributed by atoms with Crippen molar-refractivity contribution in [2.24, 2.45) is 0 Å². The highest BCUT2D eigenvalue weighted by molar-refractivity contribution is 9.10. The number of halogens is 1. The molecule has 2 aromatic rings. The second-order valence-corrected chi connectivity index (χ2v) is 4.90. The number of hydrogen-bond donors (Lipinski definition) is 2. The number of aromatic nitrogens is 1. The van der Waals surface area contributed by atoms with Crippen LogP contribution in [0.5, 0.6) is 11.6 Å². The molecule has 1 aromatic heterocycles. The summed E-state index contributed by atoms with van der Waals surface area (Å²) < 4.78 is 7.25. The molecule has 0 saturated heterocycles. The summed E-state index contributed by atoms with van der Waals surface area (Å²) in [7, 11) is 1.58. The molecule has 0 radical (unpaired) electrons. The van der Waals surface area contributed by atoms with Gasteiger partial charge in [0.2, 0.25) is 6.20 Å². The first-order chi connectivity index (χ1) is 10.8. The number of rotatable bonds is 3. The van der Waals surface area contributed by atoms with Crippen LogP contribution in [0.25, 0.3) is 0 Å². The zero-order chi connectivity index (χ0) is 17.6. The van der Waals surface area contributed by atoms with E-state index in [4.69, 9.17) is 15.7 Å². The van der Waals surface area contributed by atoms with Gasteiger partial charge < -0.3 is 9.84 Å². The number of nitrogen functional groups attached to an aromatic ring is 1. The quantitative estimate of drug-likeness (QED) is 0.352. The molecule has 10 nitrogen and oxygen atoms in total. The number of ether oxygens (including phenoxy) is 1. The molecule has 122 valence electrons. The van der Waals surface area contributed by atoms with Crippen LogP contribution in [0, 0.1) is 20.2 Å². The Balaban J connectivity index is 0.000000238. The highest BCUT2D eigenvalue weighted by Crippen LogP contribution is 2.29. The van der Waals surface area contributed by atoms with Crippen molar-refractivity contribution in [2.45, 2.75) is 0 Å². The highest BCUT2D eigenvalue weighted by atomic mass is 79.9. The van der Waals surface area contributed by atoms with Gasteiger partial charge in [0.25, 0.3) is 5.69 Å². The third-order valence-electron chi connectivity index (χ3n) is 2.48. The van der Waals surface area contributed by atoms with E-state index < -0.39 is 27.0 Å². The minimum Gasteiger partial charge on any atom is -0.502 e. The van der Waals surface area contributed by atoms with Crippen molar-refractivity contribution in [1.29, 1.82) is 0 Å². The van der Waals surface area contributed by atoms with Gasteiger partial charge >= 0.3 is 11.6 Å². The van der Waals surface area contributed by atoms with E-state index in [-0.39, 0.29) is 0 Å². The number of nitrogens with two attached hydrogens (primary N) is 1. The third-order valence-corrected chi connectivity index (χ3v) is 2.95. The van der Waals surface area contributed by atoms with Gasteiger partial charge in [-0.05, 0) is 28.1 Å². The Morgan fingerprint density at radius 1 is 1.22 bits per heavy atom. The highest BCUT2D eigenvalue weighted by Gasteiger charge is 2.18. The number of nitro groups is 2. The molecule has 0 saturated carbocycles. The normalized spacial score (nSPS) is 9.48. The van der Waals surface area contributed by atoms with Crippen molar-refractivity contribution < 1.29 is 24.4 Å². The number of hydrogen-bond acceptors (Lipinski definition) is 7. The second-order valence-electron chi connectivity index (χ2n) is 3.98. The standard InChI is InChI=1S/C6H8BrN2O.C6H4N2O5/c1-10-6-3-2-5(7)4-9(6)8;9-6-2-1-4(7(10)11)3-5(6)8(12)13/h2-4H,8H2,1H3;1-3,9H/q+1;. The molecule has 11 heteroatoms. The monoisotopic (exact) mass is 387 g/mol. The van der Waals surface area contributed by atoms with Crippen LogP contribution in [0.2, 0.25) is 0 Å². The van der Waals surface area contributed by atoms with Crippen LogP contribution < -0.4 is 15.3 Å². The van der Waals surface area contributed by atoms with Crippen LogP contribution >= 0.6 is 15.9 Å². The van der Waals surface area contributed by atoms with Crippen LogP contribution in [0.4, 0.5) is 11.4 Å². The summed E-state index contributed by atoms with van der Waals surface area (Å²) in [6.45, 7) is 0. The summed E-state index contributed by atoms with van der Waals surface area (Å²) in [6, 6.07) is 6.25. The summed E-state index contributed by atoms with van der Waals surface area (Å²) >= 11 is 3.27. The number of pyridine rings is 1. The predicted molar refractivity (Wildman–Crippen MR) is 82.5 cm³/mol. The van der Waals surface area contributed by atoms with Crippen LogP contribution in [-0.2, 0) is 0 Å². The average molecular weight is 388 g/mol. The van der Waals surface area contributed by atoms with Crippen molar-refractivity contribution >= 4 is 27.3 Å². The average Bonchev–Trinajstić information content (AvgIpc) is 2.48. The number of methoxy groups -OCH3 is 1. The van der Waals surface area contributed by atoms with Crippen LogP contribution in [-0.4, -0.2) is 22.1 Å². The predicted octanol–water partition coefficient (Wildman–Crippen LogP) is 1.67. The van der Waals surface area contributed by atoms with E-state index in [1.165, 1.54) is 4.68 Å². The second kappa shape index (κ2) is 7.89. The smallest absolute Gasteiger partial charge is 0.396 e. The molecule has 0 bridgehead atoms. The lowest BCUT2D eigenvalue weighted by molar-refractivity contribution is -0.645. The van der Waals surface area contributed by atoms with E-state index in [2.05, 4.69) is 15.9 Å². The first kappa shape index (κ1) is 18.1. The molecule has 3 N–H and O–H groups in total. The first-order valence-corrected chi connectivity index (χ1v) is 6.67. The molecule has 0 fully saturated rings. The molecule has 0 atom stereocenters. The Morgan fingerprint density at radius 2 is 1.87 bits per heavy atom. The van der Waals surface area contributed by atoms with Crippen molar-refractivity contribution in [3.63, 3.8) is 0 Å². The molecular weight excluding hydrogens is 376 g/mol. The maximum Gasteiger partial charge on any atom is 0.396 e. The fourth-order valence-corrected chi connectivity index (χ4v) is 1.77. The van der Waals surface area contributed by atoms with Gasteiger partial charge in [0.05, 0.1) is 33.6 Å². The summed E-state index contributed by atoms with van der Waals surface area (Å²) in [4.78, 5) is 18.7. The Morgan fingerprint density at radius 3 is 2.35 bits per heavy atom. The number of benzene rings is 1. The van der Waals surface area contributed by atoms with Gasteiger partial charge in [0, 0.05) is 6.07 Å². The number of aromatic hydroxyl groups is 1. The van der Waals surface area contributed by atoms with E-state index in [9.17, 15) is 20.2 Å². The number of nitro benzene ring substituents is 2. The van der Waals surface area contributed by atoms with Gasteiger partial charge in [0.1, 0.15) is 0 Å². The molecule has 0 spiro atoms. The van der Waals surface area contributed by atoms with Crippen LogP contribution in [0.15, 0.2) is 41.0 Å². The lowest BCUT2D eigenvalue weighted by Crippen LogP contribution is -2.45. The molecule has 0 unspecified atom stereocenters. The van der Waals surface area contributed by atoms with E-state index >= 15 is 0 Å². The molecule has 0 aliphatic carbocycles. The van der Waals surface area contributed by atoms with E-state index in [0.717, 1.165) is 16.6 Å². The summed E-state index contributed by atoms with van der Waals surface area (Å²) in [6.07, 6.45) is 1.72. The van der Waals surface area contributed by atoms with Gasteiger partial charge in [-0.15, -0.1) is 0 Å². The van der Waals surface area contributed by atoms with Gasteiger partial charge in [-0.25, -0.2) is 5.84 Å². The zero-order valence-electron chi connectivity index (χ0n) is 11.7. The van der Waals surface area contributed by atoms with Gasteiger partial charge in [-0.2, -0.15) is 0 Å². The fraction of sp³-hybridized carbons (Fsp3) is 0.0833. The van der Waals surface area contributed by atoms with Crippen molar-refractivity contribution in [2.75, 3.05) is 13.0 Å². The van der Waals surface area contributed by atoms with E-state index in [1.54, 1.807) is 19.4 Å². The molecule has 1 aromatic carbocycles. The third kappa shape index (κ3) is 5.07. The molecule has 0 aliphatic rings. The Kier molecular flexibility index (Phi) is 6.21. The molecule has 2 rings (SSSR count). The first-order valence-electron chi connectivity index (χ1n) is 5.88. The largest absolute Gasteiger partial charge is 0.502 e. The number of phenols is 1. The number of nitrogens with zero attached hydrogens (tertiary/aromatic N) is 3. The maximum atomic E-state index is 10.2. The lowest BCUT2D eigenvalue weighted by atomic mass is 10.2. The summed E-state index contributed by atoms with van der Waals surface area (Å²) in [5.41, 5.74) is -1.10. The summed E-state index contributed by atoms with van der Waals surface area (Å²) in [5, 5.41) is 29.3. The Labute approximate surface area is 138 Å². The molecule has 23 heavy (non-hydrogen) atoms. The van der Waals surface area contributed by atoms with Crippen molar-refractivity contribution in [3.05, 3.63) is 61.2 Å².